The molecule has 0 aromatic heterocycles. The first kappa shape index (κ1) is 52.9. The second-order valence-electron chi connectivity index (χ2n) is 15.3. The monoisotopic (exact) mass is 793 g/mol. The summed E-state index contributed by atoms with van der Waals surface area (Å²) in [5, 5.41) is 0. The number of carbonyl (C=O) groups is 1. The van der Waals surface area contributed by atoms with Gasteiger partial charge in [0, 0.05) is 13.0 Å². The molecule has 0 amide bonds. The third kappa shape index (κ3) is 42.9. The van der Waals surface area contributed by atoms with Crippen LogP contribution in [0.15, 0.2) is 72.9 Å². The molecule has 0 saturated carbocycles. The molecule has 0 aliphatic carbocycles. The molecule has 0 rings (SSSR count). The van der Waals surface area contributed by atoms with Crippen molar-refractivity contribution in [2.24, 2.45) is 0 Å². The molecule has 0 saturated heterocycles. The molecule has 8 nitrogen and oxygen atoms in total. The summed E-state index contributed by atoms with van der Waals surface area (Å²) in [4.78, 5) is 22.9. The topological polar surface area (TPSA) is 91.3 Å². The van der Waals surface area contributed by atoms with E-state index in [0.717, 1.165) is 89.9 Å². The van der Waals surface area contributed by atoms with Crippen LogP contribution in [0.5, 0.6) is 0 Å². The van der Waals surface area contributed by atoms with Gasteiger partial charge in [-0.3, -0.25) is 13.8 Å². The van der Waals surface area contributed by atoms with Gasteiger partial charge in [-0.1, -0.05) is 145 Å². The van der Waals surface area contributed by atoms with Gasteiger partial charge in [0.15, 0.2) is 0 Å². The van der Waals surface area contributed by atoms with E-state index < -0.39 is 13.9 Å². The summed E-state index contributed by atoms with van der Waals surface area (Å²) in [6.45, 7) is 5.34. The Morgan fingerprint density at radius 1 is 0.564 bits per heavy atom. The Hall–Kier alpha value is -2.06. The molecule has 0 aromatic rings. The average molecular weight is 793 g/mol. The summed E-state index contributed by atoms with van der Waals surface area (Å²) in [5.74, 6) is -0.332. The van der Waals surface area contributed by atoms with Gasteiger partial charge >= 0.3 is 13.8 Å². The highest BCUT2D eigenvalue weighted by molar-refractivity contribution is 7.47. The minimum absolute atomic E-state index is 0.0798. The van der Waals surface area contributed by atoms with Crippen LogP contribution in [0.25, 0.3) is 0 Å². The van der Waals surface area contributed by atoms with E-state index in [1.165, 1.54) is 44.9 Å². The molecular formula is C46H83NO7P+. The third-order valence-electron chi connectivity index (χ3n) is 8.76. The molecule has 0 aromatic carbocycles. The van der Waals surface area contributed by atoms with Crippen molar-refractivity contribution in [2.45, 2.75) is 161 Å². The average Bonchev–Trinajstić information content (AvgIpc) is 3.13. The molecule has 0 radical (unpaired) electrons. The van der Waals surface area contributed by atoms with Crippen molar-refractivity contribution in [3.63, 3.8) is 0 Å². The number of quaternary nitrogens is 1. The second kappa shape index (κ2) is 38.8. The van der Waals surface area contributed by atoms with Gasteiger partial charge in [-0.25, -0.2) is 4.57 Å². The zero-order valence-electron chi connectivity index (χ0n) is 35.9. The molecule has 318 valence electrons. The molecule has 2 atom stereocenters. The van der Waals surface area contributed by atoms with E-state index in [4.69, 9.17) is 18.5 Å². The van der Waals surface area contributed by atoms with Crippen LogP contribution in [-0.4, -0.2) is 75.6 Å². The number of rotatable bonds is 39. The molecule has 0 aliphatic heterocycles. The van der Waals surface area contributed by atoms with Crippen LogP contribution >= 0.6 is 7.82 Å². The Morgan fingerprint density at radius 3 is 1.49 bits per heavy atom. The van der Waals surface area contributed by atoms with Crippen molar-refractivity contribution in [3.8, 4) is 0 Å². The number of ether oxygens (including phenoxy) is 2. The maximum absolute atomic E-state index is 12.7. The van der Waals surface area contributed by atoms with Crippen molar-refractivity contribution in [1.82, 2.24) is 0 Å². The first-order chi connectivity index (χ1) is 26.6. The Bertz CT molecular complexity index is 1110. The van der Waals surface area contributed by atoms with E-state index in [0.29, 0.717) is 24.1 Å². The van der Waals surface area contributed by atoms with Crippen molar-refractivity contribution in [1.29, 1.82) is 0 Å². The Balaban J connectivity index is 4.29. The lowest BCUT2D eigenvalue weighted by Gasteiger charge is -2.24. The lowest BCUT2D eigenvalue weighted by atomic mass is 10.1. The van der Waals surface area contributed by atoms with Crippen LogP contribution in [0.1, 0.15) is 155 Å². The Morgan fingerprint density at radius 2 is 1.00 bits per heavy atom. The van der Waals surface area contributed by atoms with Gasteiger partial charge in [0.25, 0.3) is 0 Å². The van der Waals surface area contributed by atoms with E-state index in [9.17, 15) is 14.3 Å². The van der Waals surface area contributed by atoms with E-state index in [-0.39, 0.29) is 25.8 Å². The highest BCUT2D eigenvalue weighted by Crippen LogP contribution is 2.43. The number of carbonyl (C=O) groups excluding carboxylic acids is 1. The summed E-state index contributed by atoms with van der Waals surface area (Å²) < 4.78 is 35.0. The van der Waals surface area contributed by atoms with Gasteiger partial charge in [0.2, 0.25) is 0 Å². The van der Waals surface area contributed by atoms with E-state index >= 15 is 0 Å². The zero-order chi connectivity index (χ0) is 40.6. The fourth-order valence-corrected chi connectivity index (χ4v) is 6.20. The number of hydrogen-bond donors (Lipinski definition) is 1. The minimum atomic E-state index is -4.28. The molecule has 55 heavy (non-hydrogen) atoms. The zero-order valence-corrected chi connectivity index (χ0v) is 36.8. The van der Waals surface area contributed by atoms with Crippen LogP contribution in [-0.2, 0) is 27.9 Å². The maximum atomic E-state index is 12.7. The summed E-state index contributed by atoms with van der Waals surface area (Å²) in [7, 11) is 1.64. The molecule has 0 fully saturated rings. The van der Waals surface area contributed by atoms with Crippen LogP contribution < -0.4 is 0 Å². The molecule has 0 heterocycles. The number of nitrogens with zero attached hydrogens (tertiary/aromatic N) is 1. The van der Waals surface area contributed by atoms with Gasteiger partial charge in [0.1, 0.15) is 19.3 Å². The fraction of sp³-hybridized carbons (Fsp3) is 0.717. The summed E-state index contributed by atoms with van der Waals surface area (Å²) >= 11 is 0. The van der Waals surface area contributed by atoms with Gasteiger partial charge < -0.3 is 18.9 Å². The number of hydrogen-bond acceptors (Lipinski definition) is 6. The minimum Gasteiger partial charge on any atom is -0.457 e. The third-order valence-corrected chi connectivity index (χ3v) is 9.75. The molecular weight excluding hydrogens is 709 g/mol. The predicted molar refractivity (Wildman–Crippen MR) is 233 cm³/mol. The normalized spacial score (nSPS) is 14.5. The molecule has 2 unspecified atom stereocenters. The fourth-order valence-electron chi connectivity index (χ4n) is 5.46. The summed E-state index contributed by atoms with van der Waals surface area (Å²) in [5.41, 5.74) is 0. The standard InChI is InChI=1S/C46H82NO7P/c1-6-8-10-12-14-16-18-20-22-24-25-27-29-31-33-35-37-39-46(48)54-45(44-53-55(49,50)52-42-40-47(3,4)5)43-51-41-38-36-34-32-30-28-26-23-21-19-17-15-13-11-9-7-2/h8-11,14-17,20-23,45H,6-7,12-13,18-19,24-44H2,1-5H3/p+1/b10-8-,11-9-,16-14-,17-15-,22-20-,23-21-. The van der Waals surface area contributed by atoms with Crippen molar-refractivity contribution in [3.05, 3.63) is 72.9 Å². The number of phosphoric acid groups is 1. The molecule has 9 heteroatoms. The van der Waals surface area contributed by atoms with Gasteiger partial charge in [0.05, 0.1) is 34.4 Å². The highest BCUT2D eigenvalue weighted by Gasteiger charge is 2.26. The number of esters is 1. The summed E-state index contributed by atoms with van der Waals surface area (Å²) in [6.07, 6.45) is 49.3. The van der Waals surface area contributed by atoms with Crippen LogP contribution in [0, 0.1) is 0 Å². The Labute approximate surface area is 338 Å². The molecule has 1 N–H and O–H groups in total. The van der Waals surface area contributed by atoms with Gasteiger partial charge in [-0.2, -0.15) is 0 Å². The van der Waals surface area contributed by atoms with Crippen LogP contribution in [0.2, 0.25) is 0 Å². The van der Waals surface area contributed by atoms with Crippen molar-refractivity contribution in [2.75, 3.05) is 54.1 Å². The van der Waals surface area contributed by atoms with Crippen molar-refractivity contribution >= 4 is 13.8 Å². The number of phosphoric ester groups is 1. The Kier molecular flexibility index (Phi) is 37.3. The molecule has 0 spiro atoms. The quantitative estimate of drug-likeness (QED) is 0.0218. The number of unbranched alkanes of at least 4 members (excludes halogenated alkanes) is 13. The molecule has 0 bridgehead atoms. The lowest BCUT2D eigenvalue weighted by molar-refractivity contribution is -0.870. The SMILES string of the molecule is CC/C=C\C/C=C\C/C=C\CCCCCCCCCC(=O)OC(COCCCCCCCC/C=C\C/C=C\C/C=C\CC)COP(=O)(O)OCC[N+](C)(C)C. The lowest BCUT2D eigenvalue weighted by Crippen LogP contribution is -2.37. The smallest absolute Gasteiger partial charge is 0.457 e. The summed E-state index contributed by atoms with van der Waals surface area (Å²) in [6, 6.07) is 0. The number of allylic oxidation sites excluding steroid dienone is 12. The van der Waals surface area contributed by atoms with E-state index in [2.05, 4.69) is 86.8 Å². The van der Waals surface area contributed by atoms with Gasteiger partial charge in [-0.05, 0) is 77.0 Å². The van der Waals surface area contributed by atoms with Crippen LogP contribution in [0.4, 0.5) is 0 Å². The number of likely N-dealkylation sites (N-methyl/N-ethyl adjacent to an activating group) is 1. The largest absolute Gasteiger partial charge is 0.472 e. The van der Waals surface area contributed by atoms with Crippen molar-refractivity contribution < 1.29 is 37.3 Å². The first-order valence-corrected chi connectivity index (χ1v) is 23.2. The molecule has 0 aliphatic rings. The van der Waals surface area contributed by atoms with E-state index in [1.807, 2.05) is 21.1 Å². The second-order valence-corrected chi connectivity index (χ2v) is 16.8. The van der Waals surface area contributed by atoms with Gasteiger partial charge in [-0.15, -0.1) is 0 Å². The van der Waals surface area contributed by atoms with E-state index in [1.54, 1.807) is 0 Å². The maximum Gasteiger partial charge on any atom is 0.472 e. The highest BCUT2D eigenvalue weighted by atomic mass is 31.2. The predicted octanol–water partition coefficient (Wildman–Crippen LogP) is 12.7. The van der Waals surface area contributed by atoms with Crippen LogP contribution in [0.3, 0.4) is 0 Å². The first-order valence-electron chi connectivity index (χ1n) is 21.7.